The first kappa shape index (κ1) is 15.5. The summed E-state index contributed by atoms with van der Waals surface area (Å²) < 4.78 is 0. The monoisotopic (exact) mass is 290 g/mol. The van der Waals surface area contributed by atoms with Gasteiger partial charge in [0.05, 0.1) is 5.92 Å². The summed E-state index contributed by atoms with van der Waals surface area (Å²) in [6, 6.07) is 9.25. The maximum absolute atomic E-state index is 11.9. The molecule has 3 atom stereocenters. The molecule has 5 heteroatoms. The summed E-state index contributed by atoms with van der Waals surface area (Å²) >= 11 is 0. The van der Waals surface area contributed by atoms with Crippen LogP contribution in [0.5, 0.6) is 0 Å². The molecule has 0 heterocycles. The molecule has 0 spiro atoms. The fourth-order valence-corrected chi connectivity index (χ4v) is 2.86. The Hall–Kier alpha value is -1.88. The van der Waals surface area contributed by atoms with Gasteiger partial charge in [-0.05, 0) is 24.8 Å². The largest absolute Gasteiger partial charge is 0.481 e. The van der Waals surface area contributed by atoms with Crippen molar-refractivity contribution in [3.05, 3.63) is 35.9 Å². The topological polar surface area (TPSA) is 92.4 Å². The molecule has 2 rings (SSSR count). The first-order valence-electron chi connectivity index (χ1n) is 7.40. The highest BCUT2D eigenvalue weighted by atomic mass is 16.4. The van der Waals surface area contributed by atoms with Gasteiger partial charge in [-0.2, -0.15) is 0 Å². The average molecular weight is 290 g/mol. The minimum Gasteiger partial charge on any atom is -0.481 e. The van der Waals surface area contributed by atoms with Gasteiger partial charge in [0.2, 0.25) is 5.91 Å². The number of amides is 1. The Labute approximate surface area is 124 Å². The number of hydrogen-bond donors (Lipinski definition) is 3. The van der Waals surface area contributed by atoms with Crippen LogP contribution in [-0.2, 0) is 9.59 Å². The van der Waals surface area contributed by atoms with E-state index in [-0.39, 0.29) is 18.0 Å². The zero-order valence-electron chi connectivity index (χ0n) is 12.0. The summed E-state index contributed by atoms with van der Waals surface area (Å²) in [5.74, 6) is -1.38. The summed E-state index contributed by atoms with van der Waals surface area (Å²) in [5.41, 5.74) is 7.06. The van der Waals surface area contributed by atoms with Crippen LogP contribution < -0.4 is 11.1 Å². The van der Waals surface area contributed by atoms with Gasteiger partial charge < -0.3 is 16.2 Å². The van der Waals surface area contributed by atoms with Crippen LogP contribution in [0.1, 0.15) is 43.7 Å². The molecule has 1 aromatic rings. The summed E-state index contributed by atoms with van der Waals surface area (Å²) in [6.45, 7) is 0. The van der Waals surface area contributed by atoms with Gasteiger partial charge in [-0.3, -0.25) is 9.59 Å². The van der Waals surface area contributed by atoms with Crippen molar-refractivity contribution in [2.75, 3.05) is 0 Å². The number of carboxylic acid groups (broad SMARTS) is 1. The molecule has 3 unspecified atom stereocenters. The highest BCUT2D eigenvalue weighted by Gasteiger charge is 2.33. The minimum absolute atomic E-state index is 0.112. The van der Waals surface area contributed by atoms with E-state index >= 15 is 0 Å². The molecular weight excluding hydrogens is 268 g/mol. The second kappa shape index (κ2) is 7.22. The zero-order chi connectivity index (χ0) is 15.2. The van der Waals surface area contributed by atoms with Crippen molar-refractivity contribution in [2.45, 2.75) is 44.2 Å². The molecule has 0 radical (unpaired) electrons. The lowest BCUT2D eigenvalue weighted by Gasteiger charge is -2.18. The van der Waals surface area contributed by atoms with Crippen LogP contribution in [0.4, 0.5) is 0 Å². The minimum atomic E-state index is -0.821. The van der Waals surface area contributed by atoms with E-state index in [1.165, 1.54) is 0 Å². The third-order valence-corrected chi connectivity index (χ3v) is 4.09. The predicted molar refractivity (Wildman–Crippen MR) is 79.5 cm³/mol. The Morgan fingerprint density at radius 3 is 2.67 bits per heavy atom. The SMILES string of the molecule is NC(CCC(=O)NC1CCCC1C(=O)O)c1ccccc1. The van der Waals surface area contributed by atoms with E-state index in [2.05, 4.69) is 5.32 Å². The van der Waals surface area contributed by atoms with Gasteiger partial charge in [0, 0.05) is 18.5 Å². The summed E-state index contributed by atoms with van der Waals surface area (Å²) in [5, 5.41) is 11.9. The lowest BCUT2D eigenvalue weighted by molar-refractivity contribution is -0.142. The molecule has 0 bridgehead atoms. The van der Waals surface area contributed by atoms with E-state index in [1.54, 1.807) is 0 Å². The van der Waals surface area contributed by atoms with Gasteiger partial charge in [0.15, 0.2) is 0 Å². The molecular formula is C16H22N2O3. The van der Waals surface area contributed by atoms with Gasteiger partial charge in [0.25, 0.3) is 0 Å². The number of aliphatic carboxylic acids is 1. The lowest BCUT2D eigenvalue weighted by atomic mass is 10.0. The standard InChI is InChI=1S/C16H22N2O3/c17-13(11-5-2-1-3-6-11)9-10-15(19)18-14-8-4-7-12(14)16(20)21/h1-3,5-6,12-14H,4,7-10,17H2,(H,18,19)(H,20,21). The number of carboxylic acids is 1. The van der Waals surface area contributed by atoms with Crippen LogP contribution in [-0.4, -0.2) is 23.0 Å². The Morgan fingerprint density at radius 2 is 2.00 bits per heavy atom. The van der Waals surface area contributed by atoms with Gasteiger partial charge in [-0.1, -0.05) is 36.8 Å². The van der Waals surface area contributed by atoms with Crippen molar-refractivity contribution in [3.8, 4) is 0 Å². The number of nitrogens with one attached hydrogen (secondary N) is 1. The average Bonchev–Trinajstić information content (AvgIpc) is 2.94. The van der Waals surface area contributed by atoms with E-state index in [9.17, 15) is 9.59 Å². The van der Waals surface area contributed by atoms with E-state index < -0.39 is 11.9 Å². The molecule has 5 nitrogen and oxygen atoms in total. The molecule has 21 heavy (non-hydrogen) atoms. The van der Waals surface area contributed by atoms with E-state index in [1.807, 2.05) is 30.3 Å². The second-order valence-corrected chi connectivity index (χ2v) is 5.61. The number of carbonyl (C=O) groups is 2. The number of carbonyl (C=O) groups excluding carboxylic acids is 1. The third kappa shape index (κ3) is 4.29. The van der Waals surface area contributed by atoms with Gasteiger partial charge >= 0.3 is 5.97 Å². The molecule has 1 saturated carbocycles. The van der Waals surface area contributed by atoms with Crippen LogP contribution in [0.2, 0.25) is 0 Å². The fourth-order valence-electron chi connectivity index (χ4n) is 2.86. The van der Waals surface area contributed by atoms with Gasteiger partial charge in [-0.15, -0.1) is 0 Å². The van der Waals surface area contributed by atoms with Crippen molar-refractivity contribution < 1.29 is 14.7 Å². The Bertz CT molecular complexity index is 490. The molecule has 0 aliphatic heterocycles. The van der Waals surface area contributed by atoms with Crippen molar-refractivity contribution in [1.82, 2.24) is 5.32 Å². The Morgan fingerprint density at radius 1 is 1.29 bits per heavy atom. The van der Waals surface area contributed by atoms with E-state index in [0.29, 0.717) is 19.3 Å². The van der Waals surface area contributed by atoms with E-state index in [0.717, 1.165) is 18.4 Å². The van der Waals surface area contributed by atoms with E-state index in [4.69, 9.17) is 10.8 Å². The van der Waals surface area contributed by atoms with Crippen LogP contribution in [0.25, 0.3) is 0 Å². The highest BCUT2D eigenvalue weighted by Crippen LogP contribution is 2.26. The first-order chi connectivity index (χ1) is 10.1. The quantitative estimate of drug-likeness (QED) is 0.745. The van der Waals surface area contributed by atoms with Crippen LogP contribution in [0.15, 0.2) is 30.3 Å². The highest BCUT2D eigenvalue weighted by molar-refractivity contribution is 5.78. The zero-order valence-corrected chi connectivity index (χ0v) is 12.0. The van der Waals surface area contributed by atoms with Gasteiger partial charge in [0.1, 0.15) is 0 Å². The molecule has 1 fully saturated rings. The normalized spacial score (nSPS) is 22.7. The summed E-state index contributed by atoms with van der Waals surface area (Å²) in [7, 11) is 0. The summed E-state index contributed by atoms with van der Waals surface area (Å²) in [4.78, 5) is 23.0. The number of hydrogen-bond acceptors (Lipinski definition) is 3. The van der Waals surface area contributed by atoms with Crippen molar-refractivity contribution in [1.29, 1.82) is 0 Å². The number of nitrogens with two attached hydrogens (primary N) is 1. The molecule has 1 aromatic carbocycles. The maximum Gasteiger partial charge on any atom is 0.308 e. The smallest absolute Gasteiger partial charge is 0.308 e. The molecule has 1 amide bonds. The molecule has 4 N–H and O–H groups in total. The summed E-state index contributed by atoms with van der Waals surface area (Å²) in [6.07, 6.45) is 3.11. The molecule has 0 saturated heterocycles. The molecule has 1 aliphatic carbocycles. The predicted octanol–water partition coefficient (Wildman–Crippen LogP) is 1.84. The third-order valence-electron chi connectivity index (χ3n) is 4.09. The van der Waals surface area contributed by atoms with Crippen molar-refractivity contribution >= 4 is 11.9 Å². The Balaban J connectivity index is 1.78. The number of rotatable bonds is 6. The molecule has 1 aliphatic rings. The lowest BCUT2D eigenvalue weighted by Crippen LogP contribution is -2.40. The van der Waals surface area contributed by atoms with Crippen molar-refractivity contribution in [2.24, 2.45) is 11.7 Å². The van der Waals surface area contributed by atoms with Crippen LogP contribution >= 0.6 is 0 Å². The number of benzene rings is 1. The maximum atomic E-state index is 11.9. The fraction of sp³-hybridized carbons (Fsp3) is 0.500. The Kier molecular flexibility index (Phi) is 5.33. The first-order valence-corrected chi connectivity index (χ1v) is 7.40. The molecule has 114 valence electrons. The van der Waals surface area contributed by atoms with Crippen LogP contribution in [0, 0.1) is 5.92 Å². The van der Waals surface area contributed by atoms with Gasteiger partial charge in [-0.25, -0.2) is 0 Å². The molecule has 0 aromatic heterocycles. The second-order valence-electron chi connectivity index (χ2n) is 5.61. The van der Waals surface area contributed by atoms with Crippen LogP contribution in [0.3, 0.4) is 0 Å². The van der Waals surface area contributed by atoms with Crippen molar-refractivity contribution in [3.63, 3.8) is 0 Å².